The highest BCUT2D eigenvalue weighted by molar-refractivity contribution is 6.03. The highest BCUT2D eigenvalue weighted by atomic mass is 19.1. The quantitative estimate of drug-likeness (QED) is 0.882. The number of carbonyl (C=O) groups is 1. The molecule has 2 aromatic rings. The monoisotopic (exact) mass is 294 g/mol. The summed E-state index contributed by atoms with van der Waals surface area (Å²) >= 11 is 0. The fourth-order valence-corrected chi connectivity index (χ4v) is 1.70. The smallest absolute Gasteiger partial charge is 0.300 e. The normalized spacial score (nSPS) is 9.14. The van der Waals surface area contributed by atoms with Crippen molar-refractivity contribution in [3.05, 3.63) is 53.8 Å². The summed E-state index contributed by atoms with van der Waals surface area (Å²) in [5, 5.41) is 11.4. The van der Waals surface area contributed by atoms with Crippen molar-refractivity contribution in [1.82, 2.24) is 0 Å². The van der Waals surface area contributed by atoms with E-state index in [9.17, 15) is 9.18 Å². The van der Waals surface area contributed by atoms with Crippen LogP contribution in [0.3, 0.4) is 0 Å². The third-order valence-corrected chi connectivity index (χ3v) is 2.66. The highest BCUT2D eigenvalue weighted by Crippen LogP contribution is 2.28. The maximum Gasteiger partial charge on any atom is 0.300 e. The second-order valence-corrected chi connectivity index (χ2v) is 4.18. The number of para-hydroxylation sites is 1. The molecule has 0 atom stereocenters. The summed E-state index contributed by atoms with van der Waals surface area (Å²) in [5.41, 5.74) is 0.573. The number of anilines is 1. The minimum absolute atomic E-state index is 0.0396. The number of amides is 1. The molecule has 22 heavy (non-hydrogen) atoms. The first kappa shape index (κ1) is 15.1. The van der Waals surface area contributed by atoms with Crippen molar-refractivity contribution in [1.29, 1.82) is 5.26 Å². The van der Waals surface area contributed by atoms with Crippen LogP contribution < -0.4 is 10.1 Å². The van der Waals surface area contributed by atoms with Crippen LogP contribution in [0.2, 0.25) is 0 Å². The van der Waals surface area contributed by atoms with Gasteiger partial charge in [0.05, 0.1) is 5.56 Å². The molecule has 0 saturated heterocycles. The molecule has 0 aliphatic rings. The van der Waals surface area contributed by atoms with E-state index in [1.54, 1.807) is 24.3 Å². The fraction of sp³-hybridized carbons (Fsp3) is 0.0588. The number of ether oxygens (including phenoxy) is 1. The number of benzene rings is 2. The number of carbonyl (C=O) groups excluding carboxylic acids is 1. The van der Waals surface area contributed by atoms with Crippen LogP contribution in [0.1, 0.15) is 12.5 Å². The van der Waals surface area contributed by atoms with Gasteiger partial charge in [0.1, 0.15) is 11.8 Å². The molecule has 0 saturated carbocycles. The topological polar surface area (TPSA) is 62.1 Å². The van der Waals surface area contributed by atoms with Gasteiger partial charge in [-0.3, -0.25) is 4.79 Å². The van der Waals surface area contributed by atoms with E-state index in [1.165, 1.54) is 19.1 Å². The third-order valence-electron chi connectivity index (χ3n) is 2.66. The van der Waals surface area contributed by atoms with Gasteiger partial charge in [0.15, 0.2) is 11.6 Å². The van der Waals surface area contributed by atoms with Crippen molar-refractivity contribution in [2.24, 2.45) is 0 Å². The minimum atomic E-state index is -0.657. The van der Waals surface area contributed by atoms with Crippen LogP contribution in [-0.4, -0.2) is 5.91 Å². The number of hydrogen-bond donors (Lipinski definition) is 1. The molecular formula is C17H11FN2O2. The molecule has 1 N–H and O–H groups in total. The Bertz CT molecular complexity index is 813. The van der Waals surface area contributed by atoms with Gasteiger partial charge in [-0.25, -0.2) is 4.39 Å². The van der Waals surface area contributed by atoms with Crippen LogP contribution in [0.15, 0.2) is 42.5 Å². The van der Waals surface area contributed by atoms with Crippen molar-refractivity contribution in [3.63, 3.8) is 0 Å². The SMILES string of the molecule is CC#CC(=O)Nc1ccc(Oc2ccccc2C#N)c(F)c1. The van der Waals surface area contributed by atoms with E-state index in [0.717, 1.165) is 6.07 Å². The lowest BCUT2D eigenvalue weighted by Gasteiger charge is -2.09. The van der Waals surface area contributed by atoms with Gasteiger partial charge in [-0.05, 0) is 37.1 Å². The number of rotatable bonds is 3. The van der Waals surface area contributed by atoms with E-state index in [2.05, 4.69) is 17.2 Å². The van der Waals surface area contributed by atoms with Crippen LogP contribution in [0.25, 0.3) is 0 Å². The van der Waals surface area contributed by atoms with Gasteiger partial charge in [0, 0.05) is 11.8 Å². The van der Waals surface area contributed by atoms with Crippen molar-refractivity contribution >= 4 is 11.6 Å². The Labute approximate surface area is 127 Å². The van der Waals surface area contributed by atoms with Crippen molar-refractivity contribution in [2.75, 3.05) is 5.32 Å². The molecule has 0 unspecified atom stereocenters. The van der Waals surface area contributed by atoms with E-state index < -0.39 is 11.7 Å². The summed E-state index contributed by atoms with van der Waals surface area (Å²) in [4.78, 5) is 11.3. The largest absolute Gasteiger partial charge is 0.453 e. The zero-order valence-electron chi connectivity index (χ0n) is 11.7. The summed E-state index contributed by atoms with van der Waals surface area (Å²) in [6.45, 7) is 1.53. The highest BCUT2D eigenvalue weighted by Gasteiger charge is 2.09. The molecule has 5 heteroatoms. The molecule has 0 aliphatic carbocycles. The Balaban J connectivity index is 2.21. The lowest BCUT2D eigenvalue weighted by molar-refractivity contribution is -0.111. The third kappa shape index (κ3) is 3.62. The molecule has 2 aromatic carbocycles. The van der Waals surface area contributed by atoms with Crippen LogP contribution in [0.5, 0.6) is 11.5 Å². The van der Waals surface area contributed by atoms with Crippen LogP contribution in [0.4, 0.5) is 10.1 Å². The molecular weight excluding hydrogens is 283 g/mol. The van der Waals surface area contributed by atoms with Gasteiger partial charge >= 0.3 is 0 Å². The Morgan fingerprint density at radius 2 is 2.00 bits per heavy atom. The van der Waals surface area contributed by atoms with Gasteiger partial charge in [-0.1, -0.05) is 18.1 Å². The van der Waals surface area contributed by atoms with Crippen LogP contribution in [0, 0.1) is 29.0 Å². The number of nitriles is 1. The van der Waals surface area contributed by atoms with Gasteiger partial charge < -0.3 is 10.1 Å². The molecule has 108 valence electrons. The van der Waals surface area contributed by atoms with Crippen molar-refractivity contribution in [3.8, 4) is 29.4 Å². The number of hydrogen-bond acceptors (Lipinski definition) is 3. The van der Waals surface area contributed by atoms with Crippen LogP contribution >= 0.6 is 0 Å². The number of nitrogens with zero attached hydrogens (tertiary/aromatic N) is 1. The molecule has 0 bridgehead atoms. The Kier molecular flexibility index (Phi) is 4.74. The summed E-state index contributed by atoms with van der Waals surface area (Å²) in [7, 11) is 0. The predicted molar refractivity (Wildman–Crippen MR) is 79.7 cm³/mol. The minimum Gasteiger partial charge on any atom is -0.453 e. The zero-order valence-corrected chi connectivity index (χ0v) is 11.7. The van der Waals surface area contributed by atoms with Crippen LogP contribution in [-0.2, 0) is 4.79 Å². The maximum atomic E-state index is 14.0. The van der Waals surface area contributed by atoms with E-state index in [0.29, 0.717) is 5.56 Å². The molecule has 0 aromatic heterocycles. The van der Waals surface area contributed by atoms with E-state index in [-0.39, 0.29) is 17.2 Å². The van der Waals surface area contributed by atoms with Gasteiger partial charge in [0.2, 0.25) is 0 Å². The predicted octanol–water partition coefficient (Wildman–Crippen LogP) is 3.45. The first-order valence-corrected chi connectivity index (χ1v) is 6.34. The fourth-order valence-electron chi connectivity index (χ4n) is 1.70. The van der Waals surface area contributed by atoms with E-state index in [1.807, 2.05) is 6.07 Å². The second kappa shape index (κ2) is 6.92. The summed E-state index contributed by atoms with van der Waals surface area (Å²) < 4.78 is 19.4. The molecule has 0 aliphatic heterocycles. The lowest BCUT2D eigenvalue weighted by Crippen LogP contribution is -2.08. The molecule has 0 fully saturated rings. The average Bonchev–Trinajstić information content (AvgIpc) is 2.50. The van der Waals surface area contributed by atoms with E-state index >= 15 is 0 Å². The standard InChI is InChI=1S/C17H11FN2O2/c1-2-5-17(21)20-13-8-9-16(14(18)10-13)22-15-7-4-3-6-12(15)11-19/h3-4,6-10H,1H3,(H,20,21). The molecule has 0 radical (unpaired) electrons. The first-order valence-electron chi connectivity index (χ1n) is 6.34. The Morgan fingerprint density at radius 3 is 2.68 bits per heavy atom. The molecule has 1 amide bonds. The van der Waals surface area contributed by atoms with Gasteiger partial charge in [-0.15, -0.1) is 0 Å². The molecule has 0 heterocycles. The lowest BCUT2D eigenvalue weighted by atomic mass is 10.2. The summed E-state index contributed by atoms with van der Waals surface area (Å²) in [6.07, 6.45) is 0. The van der Waals surface area contributed by atoms with Crippen molar-refractivity contribution < 1.29 is 13.9 Å². The summed E-state index contributed by atoms with van der Waals surface area (Å²) in [6, 6.07) is 12.5. The van der Waals surface area contributed by atoms with Gasteiger partial charge in [-0.2, -0.15) is 5.26 Å². The van der Waals surface area contributed by atoms with Gasteiger partial charge in [0.25, 0.3) is 5.91 Å². The van der Waals surface area contributed by atoms with Crippen molar-refractivity contribution in [2.45, 2.75) is 6.92 Å². The Hall–Kier alpha value is -3.31. The first-order chi connectivity index (χ1) is 10.6. The average molecular weight is 294 g/mol. The molecule has 4 nitrogen and oxygen atoms in total. The summed E-state index contributed by atoms with van der Waals surface area (Å²) in [5.74, 6) is 3.78. The zero-order chi connectivity index (χ0) is 15.9. The molecule has 2 rings (SSSR count). The Morgan fingerprint density at radius 1 is 1.23 bits per heavy atom. The number of nitrogens with one attached hydrogen (secondary N) is 1. The van der Waals surface area contributed by atoms with E-state index in [4.69, 9.17) is 10.00 Å². The molecule has 0 spiro atoms. The number of halogens is 1. The second-order valence-electron chi connectivity index (χ2n) is 4.18. The maximum absolute atomic E-state index is 14.0.